The highest BCUT2D eigenvalue weighted by atomic mass is 19.1. The Bertz CT molecular complexity index is 1130. The number of H-pyrrole nitrogens is 1. The van der Waals surface area contributed by atoms with Crippen LogP contribution in [-0.2, 0) is 16.0 Å². The molecule has 1 N–H and O–H groups in total. The molecule has 1 aromatic heterocycles. The van der Waals surface area contributed by atoms with Crippen LogP contribution >= 0.6 is 0 Å². The van der Waals surface area contributed by atoms with Crippen LogP contribution in [0.4, 0.5) is 4.39 Å². The molecule has 2 atom stereocenters. The zero-order chi connectivity index (χ0) is 22.9. The Morgan fingerprint density at radius 1 is 1.25 bits per heavy atom. The third kappa shape index (κ3) is 4.22. The van der Waals surface area contributed by atoms with Crippen molar-refractivity contribution in [2.45, 2.75) is 38.8 Å². The Labute approximate surface area is 189 Å². The molecule has 2 unspecified atom stereocenters. The first kappa shape index (κ1) is 22.3. The van der Waals surface area contributed by atoms with E-state index < -0.39 is 0 Å². The number of nitrogens with zero attached hydrogens (tertiary/aromatic N) is 1. The van der Waals surface area contributed by atoms with Crippen molar-refractivity contribution in [1.82, 2.24) is 9.88 Å². The molecule has 4 rings (SSSR count). The van der Waals surface area contributed by atoms with E-state index in [-0.39, 0.29) is 30.1 Å². The van der Waals surface area contributed by atoms with Gasteiger partial charge in [-0.15, -0.1) is 0 Å². The van der Waals surface area contributed by atoms with Crippen molar-refractivity contribution < 1.29 is 13.9 Å². The summed E-state index contributed by atoms with van der Waals surface area (Å²) in [7, 11) is 1.37. The summed E-state index contributed by atoms with van der Waals surface area (Å²) in [6, 6.07) is 16.6. The van der Waals surface area contributed by atoms with E-state index in [1.165, 1.54) is 29.8 Å². The highest BCUT2D eigenvalue weighted by Crippen LogP contribution is 2.45. The van der Waals surface area contributed by atoms with Gasteiger partial charge in [0.1, 0.15) is 0 Å². The van der Waals surface area contributed by atoms with E-state index in [4.69, 9.17) is 0 Å². The Morgan fingerprint density at radius 2 is 1.97 bits per heavy atom. The molecular formula is C27H31FN2O2. The van der Waals surface area contributed by atoms with E-state index in [0.29, 0.717) is 6.54 Å². The monoisotopic (exact) mass is 434 g/mol. The first-order valence-corrected chi connectivity index (χ1v) is 11.1. The number of benzene rings is 2. The van der Waals surface area contributed by atoms with E-state index >= 15 is 0 Å². The van der Waals surface area contributed by atoms with Crippen LogP contribution in [0.25, 0.3) is 17.0 Å². The molecule has 168 valence electrons. The molecule has 0 saturated carbocycles. The minimum Gasteiger partial charge on any atom is -0.466 e. The number of hydrogen-bond donors (Lipinski definition) is 1. The van der Waals surface area contributed by atoms with Crippen molar-refractivity contribution in [1.29, 1.82) is 0 Å². The molecule has 0 radical (unpaired) electrons. The van der Waals surface area contributed by atoms with Crippen LogP contribution < -0.4 is 0 Å². The normalized spacial score (nSPS) is 19.2. The van der Waals surface area contributed by atoms with Gasteiger partial charge in [0.25, 0.3) is 0 Å². The van der Waals surface area contributed by atoms with E-state index in [2.05, 4.69) is 64.9 Å². The third-order valence-corrected chi connectivity index (χ3v) is 6.46. The summed E-state index contributed by atoms with van der Waals surface area (Å²) in [6.45, 7) is 6.81. The van der Waals surface area contributed by atoms with Gasteiger partial charge in [0, 0.05) is 34.8 Å². The predicted octanol–water partition coefficient (Wildman–Crippen LogP) is 5.69. The second-order valence-corrected chi connectivity index (χ2v) is 9.39. The molecule has 4 nitrogen and oxygen atoms in total. The van der Waals surface area contributed by atoms with Gasteiger partial charge in [-0.1, -0.05) is 49.4 Å². The summed E-state index contributed by atoms with van der Waals surface area (Å²) in [5.74, 6) is -0.429. The fourth-order valence-corrected chi connectivity index (χ4v) is 4.79. The van der Waals surface area contributed by atoms with Crippen molar-refractivity contribution in [3.63, 3.8) is 0 Å². The molecule has 32 heavy (non-hydrogen) atoms. The maximum absolute atomic E-state index is 13.5. The summed E-state index contributed by atoms with van der Waals surface area (Å²) < 4.78 is 18.2. The van der Waals surface area contributed by atoms with Crippen LogP contribution in [0, 0.1) is 5.92 Å². The minimum absolute atomic E-state index is 0.00575. The zero-order valence-corrected chi connectivity index (χ0v) is 19.2. The lowest BCUT2D eigenvalue weighted by molar-refractivity contribution is -0.134. The van der Waals surface area contributed by atoms with Crippen molar-refractivity contribution >= 4 is 22.9 Å². The lowest BCUT2D eigenvalue weighted by Crippen LogP contribution is -2.53. The topological polar surface area (TPSA) is 45.3 Å². The van der Waals surface area contributed by atoms with Crippen LogP contribution in [0.15, 0.2) is 54.6 Å². The number of esters is 1. The molecule has 0 aliphatic carbocycles. The van der Waals surface area contributed by atoms with E-state index in [1.807, 2.05) is 19.1 Å². The number of carbonyl (C=O) groups excluding carboxylic acids is 1. The van der Waals surface area contributed by atoms with Crippen LogP contribution in [0.5, 0.6) is 0 Å². The summed E-state index contributed by atoms with van der Waals surface area (Å²) in [5, 5.41) is 1.26. The fraction of sp³-hybridized carbons (Fsp3) is 0.370. The number of carbonyl (C=O) groups is 1. The number of aromatic nitrogens is 1. The number of halogens is 1. The second kappa shape index (κ2) is 8.91. The maximum Gasteiger partial charge on any atom is 0.330 e. The SMILES string of the molecule is COC(=O)/C=C/c1ccc(C2c3[nH]c4ccccc4c3CC(C)(C)N2CC(C)CF)cc1. The molecule has 2 aromatic carbocycles. The van der Waals surface area contributed by atoms with Gasteiger partial charge in [-0.3, -0.25) is 9.29 Å². The van der Waals surface area contributed by atoms with Crippen LogP contribution in [-0.4, -0.2) is 41.7 Å². The largest absolute Gasteiger partial charge is 0.466 e. The van der Waals surface area contributed by atoms with Gasteiger partial charge < -0.3 is 9.72 Å². The smallest absolute Gasteiger partial charge is 0.330 e. The molecule has 0 fully saturated rings. The molecule has 1 aliphatic rings. The number of aromatic amines is 1. The van der Waals surface area contributed by atoms with Crippen molar-refractivity contribution in [3.05, 3.63) is 77.0 Å². The van der Waals surface area contributed by atoms with Gasteiger partial charge in [0.05, 0.1) is 19.8 Å². The first-order chi connectivity index (χ1) is 15.3. The van der Waals surface area contributed by atoms with Gasteiger partial charge >= 0.3 is 5.97 Å². The summed E-state index contributed by atoms with van der Waals surface area (Å²) in [6.07, 6.45) is 4.07. The molecule has 0 amide bonds. The highest BCUT2D eigenvalue weighted by Gasteiger charge is 2.42. The third-order valence-electron chi connectivity index (χ3n) is 6.46. The van der Waals surface area contributed by atoms with Crippen molar-refractivity contribution in [2.75, 3.05) is 20.3 Å². The van der Waals surface area contributed by atoms with Crippen molar-refractivity contribution in [3.8, 4) is 0 Å². The Hall–Kier alpha value is -2.92. The summed E-state index contributed by atoms with van der Waals surface area (Å²) >= 11 is 0. The number of fused-ring (bicyclic) bond motifs is 3. The second-order valence-electron chi connectivity index (χ2n) is 9.39. The molecule has 1 aliphatic heterocycles. The van der Waals surface area contributed by atoms with Gasteiger partial charge in [-0.05, 0) is 55.0 Å². The molecule has 3 aromatic rings. The van der Waals surface area contributed by atoms with Crippen LogP contribution in [0.1, 0.15) is 49.2 Å². The van der Waals surface area contributed by atoms with Gasteiger partial charge in [-0.25, -0.2) is 4.79 Å². The maximum atomic E-state index is 13.5. The lowest BCUT2D eigenvalue weighted by Gasteiger charge is -2.48. The van der Waals surface area contributed by atoms with E-state index in [0.717, 1.165) is 23.1 Å². The number of methoxy groups -OCH3 is 1. The molecule has 2 heterocycles. The Morgan fingerprint density at radius 3 is 2.66 bits per heavy atom. The summed E-state index contributed by atoms with van der Waals surface area (Å²) in [4.78, 5) is 17.5. The quantitative estimate of drug-likeness (QED) is 0.401. The van der Waals surface area contributed by atoms with E-state index in [1.54, 1.807) is 6.08 Å². The van der Waals surface area contributed by atoms with Gasteiger partial charge in [0.15, 0.2) is 0 Å². The van der Waals surface area contributed by atoms with Crippen LogP contribution in [0.3, 0.4) is 0 Å². The Balaban J connectivity index is 1.80. The number of hydrogen-bond acceptors (Lipinski definition) is 3. The number of rotatable bonds is 6. The summed E-state index contributed by atoms with van der Waals surface area (Å²) in [5.41, 5.74) is 5.61. The molecular weight excluding hydrogens is 403 g/mol. The number of alkyl halides is 1. The average Bonchev–Trinajstić information content (AvgIpc) is 3.15. The number of para-hydroxylation sites is 1. The molecule has 0 bridgehead atoms. The standard InChI is InChI=1S/C27H31FN2O2/c1-18(16-28)17-30-26(20-12-9-19(10-13-20)11-14-24(31)32-4)25-22(15-27(30,2)3)21-7-5-6-8-23(21)29-25/h5-14,18,26,29H,15-17H2,1-4H3/b14-11+. The number of ether oxygens (including phenoxy) is 1. The first-order valence-electron chi connectivity index (χ1n) is 11.1. The molecule has 5 heteroatoms. The van der Waals surface area contributed by atoms with Gasteiger partial charge in [-0.2, -0.15) is 0 Å². The minimum atomic E-state index is -0.378. The fourth-order valence-electron chi connectivity index (χ4n) is 4.79. The van der Waals surface area contributed by atoms with Gasteiger partial charge in [0.2, 0.25) is 0 Å². The van der Waals surface area contributed by atoms with E-state index in [9.17, 15) is 9.18 Å². The van der Waals surface area contributed by atoms with Crippen LogP contribution in [0.2, 0.25) is 0 Å². The molecule has 0 saturated heterocycles. The molecule has 0 spiro atoms. The lowest BCUT2D eigenvalue weighted by atomic mass is 9.80. The Kier molecular flexibility index (Phi) is 6.20. The average molecular weight is 435 g/mol. The van der Waals surface area contributed by atoms with Crippen molar-refractivity contribution in [2.24, 2.45) is 5.92 Å². The predicted molar refractivity (Wildman–Crippen MR) is 127 cm³/mol. The number of nitrogens with one attached hydrogen (secondary N) is 1. The highest BCUT2D eigenvalue weighted by molar-refractivity contribution is 5.87. The zero-order valence-electron chi connectivity index (χ0n) is 19.2.